The maximum absolute atomic E-state index is 9.06. The Bertz CT molecular complexity index is 374. The molecule has 1 fully saturated rings. The van der Waals surface area contributed by atoms with Crippen LogP contribution in [0, 0.1) is 0 Å². The van der Waals surface area contributed by atoms with E-state index < -0.39 is 0 Å². The lowest BCUT2D eigenvalue weighted by atomic mass is 10.1. The first-order valence-electron chi connectivity index (χ1n) is 7.00. The zero-order chi connectivity index (χ0) is 13.7. The third-order valence-electron chi connectivity index (χ3n) is 3.58. The molecule has 0 saturated carbocycles. The van der Waals surface area contributed by atoms with Gasteiger partial charge in [0.15, 0.2) is 0 Å². The molecule has 1 aromatic carbocycles. The Balaban J connectivity index is 1.97. The number of benzene rings is 1. The van der Waals surface area contributed by atoms with Gasteiger partial charge in [0.1, 0.15) is 0 Å². The van der Waals surface area contributed by atoms with Crippen molar-refractivity contribution in [1.82, 2.24) is 5.32 Å². The van der Waals surface area contributed by atoms with E-state index in [0.29, 0.717) is 0 Å². The molecule has 0 radical (unpaired) electrons. The SMILES string of the molecule is CC(N[C@H](C)CO)c1ccc(N2CCOCC2)cc1. The fourth-order valence-corrected chi connectivity index (χ4v) is 2.37. The molecule has 1 aromatic rings. The third-order valence-corrected chi connectivity index (χ3v) is 3.58. The van der Waals surface area contributed by atoms with Gasteiger partial charge in [0.25, 0.3) is 0 Å². The van der Waals surface area contributed by atoms with Gasteiger partial charge < -0.3 is 20.1 Å². The topological polar surface area (TPSA) is 44.7 Å². The number of rotatable bonds is 5. The molecule has 1 aliphatic heterocycles. The minimum absolute atomic E-state index is 0.119. The van der Waals surface area contributed by atoms with Crippen LogP contribution in [0.15, 0.2) is 24.3 Å². The van der Waals surface area contributed by atoms with Crippen molar-refractivity contribution in [3.8, 4) is 0 Å². The molecule has 0 amide bonds. The number of morpholine rings is 1. The van der Waals surface area contributed by atoms with Gasteiger partial charge in [-0.1, -0.05) is 12.1 Å². The number of ether oxygens (including phenoxy) is 1. The van der Waals surface area contributed by atoms with Crippen molar-refractivity contribution in [2.24, 2.45) is 0 Å². The second-order valence-electron chi connectivity index (χ2n) is 5.16. The van der Waals surface area contributed by atoms with Crippen LogP contribution < -0.4 is 10.2 Å². The van der Waals surface area contributed by atoms with E-state index in [1.54, 1.807) is 0 Å². The number of aliphatic hydroxyl groups is 1. The number of nitrogens with zero attached hydrogens (tertiary/aromatic N) is 1. The molecular formula is C15H24N2O2. The summed E-state index contributed by atoms with van der Waals surface area (Å²) in [5, 5.41) is 12.4. The normalized spacial score (nSPS) is 19.2. The van der Waals surface area contributed by atoms with Crippen molar-refractivity contribution < 1.29 is 9.84 Å². The lowest BCUT2D eigenvalue weighted by Crippen LogP contribution is -2.36. The standard InChI is InChI=1S/C15H24N2O2/c1-12(11-18)16-13(2)14-3-5-15(6-4-14)17-7-9-19-10-8-17/h3-6,12-13,16,18H,7-11H2,1-2H3/t12-,13?/m1/s1. The molecule has 2 atom stereocenters. The maximum Gasteiger partial charge on any atom is 0.0642 e. The highest BCUT2D eigenvalue weighted by Crippen LogP contribution is 2.20. The summed E-state index contributed by atoms with van der Waals surface area (Å²) >= 11 is 0. The van der Waals surface area contributed by atoms with Gasteiger partial charge in [0.2, 0.25) is 0 Å². The summed E-state index contributed by atoms with van der Waals surface area (Å²) in [6.07, 6.45) is 0. The monoisotopic (exact) mass is 264 g/mol. The van der Waals surface area contributed by atoms with Crippen LogP contribution in [0.1, 0.15) is 25.5 Å². The quantitative estimate of drug-likeness (QED) is 0.847. The van der Waals surface area contributed by atoms with E-state index in [1.807, 2.05) is 6.92 Å². The van der Waals surface area contributed by atoms with Crippen LogP contribution in [-0.2, 0) is 4.74 Å². The zero-order valence-electron chi connectivity index (χ0n) is 11.8. The highest BCUT2D eigenvalue weighted by molar-refractivity contribution is 5.48. The predicted octanol–water partition coefficient (Wildman–Crippen LogP) is 1.55. The average molecular weight is 264 g/mol. The van der Waals surface area contributed by atoms with Gasteiger partial charge >= 0.3 is 0 Å². The first kappa shape index (κ1) is 14.3. The Labute approximate surface area is 115 Å². The summed E-state index contributed by atoms with van der Waals surface area (Å²) in [5.41, 5.74) is 2.51. The van der Waals surface area contributed by atoms with Gasteiger partial charge in [-0.05, 0) is 31.5 Å². The van der Waals surface area contributed by atoms with Gasteiger partial charge in [-0.3, -0.25) is 0 Å². The summed E-state index contributed by atoms with van der Waals surface area (Å²) in [6, 6.07) is 9.03. The molecular weight excluding hydrogens is 240 g/mol. The number of hydrogen-bond donors (Lipinski definition) is 2. The summed E-state index contributed by atoms with van der Waals surface area (Å²) in [4.78, 5) is 2.35. The van der Waals surface area contributed by atoms with Crippen LogP contribution in [0.25, 0.3) is 0 Å². The van der Waals surface area contributed by atoms with Gasteiger partial charge in [-0.25, -0.2) is 0 Å². The van der Waals surface area contributed by atoms with Crippen molar-refractivity contribution in [3.05, 3.63) is 29.8 Å². The van der Waals surface area contributed by atoms with Crippen LogP contribution >= 0.6 is 0 Å². The van der Waals surface area contributed by atoms with E-state index in [4.69, 9.17) is 9.84 Å². The van der Waals surface area contributed by atoms with E-state index in [9.17, 15) is 0 Å². The Kier molecular flexibility index (Phi) is 5.19. The molecule has 2 rings (SSSR count). The molecule has 4 nitrogen and oxygen atoms in total. The fraction of sp³-hybridized carbons (Fsp3) is 0.600. The highest BCUT2D eigenvalue weighted by atomic mass is 16.5. The van der Waals surface area contributed by atoms with Crippen molar-refractivity contribution in [2.75, 3.05) is 37.8 Å². The van der Waals surface area contributed by atoms with Crippen molar-refractivity contribution in [1.29, 1.82) is 0 Å². The van der Waals surface area contributed by atoms with E-state index in [0.717, 1.165) is 26.3 Å². The summed E-state index contributed by atoms with van der Waals surface area (Å²) in [5.74, 6) is 0. The molecule has 1 heterocycles. The average Bonchev–Trinajstić information content (AvgIpc) is 2.48. The molecule has 1 aliphatic rings. The molecule has 0 spiro atoms. The Morgan fingerprint density at radius 2 is 1.84 bits per heavy atom. The molecule has 1 unspecified atom stereocenters. The minimum atomic E-state index is 0.119. The van der Waals surface area contributed by atoms with Crippen LogP contribution in [-0.4, -0.2) is 44.1 Å². The molecule has 106 valence electrons. The summed E-state index contributed by atoms with van der Waals surface area (Å²) in [6.45, 7) is 7.83. The fourth-order valence-electron chi connectivity index (χ4n) is 2.37. The van der Waals surface area contributed by atoms with Crippen molar-refractivity contribution in [3.63, 3.8) is 0 Å². The maximum atomic E-state index is 9.06. The predicted molar refractivity (Wildman–Crippen MR) is 77.6 cm³/mol. The first-order valence-corrected chi connectivity index (χ1v) is 7.00. The zero-order valence-corrected chi connectivity index (χ0v) is 11.8. The highest BCUT2D eigenvalue weighted by Gasteiger charge is 2.12. The second kappa shape index (κ2) is 6.89. The smallest absolute Gasteiger partial charge is 0.0642 e. The molecule has 19 heavy (non-hydrogen) atoms. The van der Waals surface area contributed by atoms with Gasteiger partial charge in [-0.15, -0.1) is 0 Å². The van der Waals surface area contributed by atoms with Crippen molar-refractivity contribution in [2.45, 2.75) is 25.9 Å². The van der Waals surface area contributed by atoms with Crippen LogP contribution in [0.5, 0.6) is 0 Å². The summed E-state index contributed by atoms with van der Waals surface area (Å²) < 4.78 is 5.36. The van der Waals surface area contributed by atoms with Crippen LogP contribution in [0.3, 0.4) is 0 Å². The largest absolute Gasteiger partial charge is 0.395 e. The number of hydrogen-bond acceptors (Lipinski definition) is 4. The van der Waals surface area contributed by atoms with E-state index in [1.165, 1.54) is 11.3 Å². The molecule has 2 N–H and O–H groups in total. The lowest BCUT2D eigenvalue weighted by Gasteiger charge is -2.29. The molecule has 4 heteroatoms. The first-order chi connectivity index (χ1) is 9.20. The van der Waals surface area contributed by atoms with Gasteiger partial charge in [-0.2, -0.15) is 0 Å². The Morgan fingerprint density at radius 1 is 1.21 bits per heavy atom. The third kappa shape index (κ3) is 3.93. The Morgan fingerprint density at radius 3 is 2.42 bits per heavy atom. The van der Waals surface area contributed by atoms with E-state index in [2.05, 4.69) is 41.4 Å². The second-order valence-corrected chi connectivity index (χ2v) is 5.16. The lowest BCUT2D eigenvalue weighted by molar-refractivity contribution is 0.122. The van der Waals surface area contributed by atoms with E-state index in [-0.39, 0.29) is 18.7 Å². The van der Waals surface area contributed by atoms with E-state index >= 15 is 0 Å². The molecule has 1 saturated heterocycles. The number of aliphatic hydroxyl groups excluding tert-OH is 1. The Hall–Kier alpha value is -1.10. The number of nitrogens with one attached hydrogen (secondary N) is 1. The van der Waals surface area contributed by atoms with Crippen LogP contribution in [0.4, 0.5) is 5.69 Å². The molecule has 0 aromatic heterocycles. The summed E-state index contributed by atoms with van der Waals surface area (Å²) in [7, 11) is 0. The van der Waals surface area contributed by atoms with Crippen molar-refractivity contribution >= 4 is 5.69 Å². The van der Waals surface area contributed by atoms with Crippen LogP contribution in [0.2, 0.25) is 0 Å². The molecule has 0 bridgehead atoms. The number of anilines is 1. The minimum Gasteiger partial charge on any atom is -0.395 e. The molecule has 0 aliphatic carbocycles. The van der Waals surface area contributed by atoms with Gasteiger partial charge in [0.05, 0.1) is 19.8 Å². The van der Waals surface area contributed by atoms with Gasteiger partial charge in [0, 0.05) is 30.9 Å².